The second-order valence-corrected chi connectivity index (χ2v) is 12.0. The number of halogens is 2. The molecule has 0 amide bonds. The minimum atomic E-state index is -0.933. The van der Waals surface area contributed by atoms with Crippen LogP contribution in [0.1, 0.15) is 25.3 Å². The molecule has 0 aliphatic rings. The fraction of sp³-hybridized carbons (Fsp3) is 0.167. The molecule has 0 aliphatic heterocycles. The lowest BCUT2D eigenvalue weighted by atomic mass is 10.2. The van der Waals surface area contributed by atoms with E-state index in [9.17, 15) is 0 Å². The van der Waals surface area contributed by atoms with Crippen molar-refractivity contribution in [3.63, 3.8) is 0 Å². The Morgan fingerprint density at radius 1 is 0.800 bits per heavy atom. The number of hydrogen-bond donors (Lipinski definition) is 0. The lowest BCUT2D eigenvalue weighted by Gasteiger charge is -2.11. The third-order valence-corrected chi connectivity index (χ3v) is 9.63. The van der Waals surface area contributed by atoms with E-state index in [0.29, 0.717) is 0 Å². The summed E-state index contributed by atoms with van der Waals surface area (Å²) in [6.45, 7) is 3.23. The van der Waals surface area contributed by atoms with E-state index in [2.05, 4.69) is 131 Å². The molecule has 5 rings (SSSR count). The van der Waals surface area contributed by atoms with Gasteiger partial charge in [-0.3, -0.25) is 0 Å². The first-order chi connectivity index (χ1) is 16.7. The van der Waals surface area contributed by atoms with Gasteiger partial charge in [-0.2, -0.15) is 0 Å². The van der Waals surface area contributed by atoms with Crippen LogP contribution in [-0.2, 0) is 12.7 Å². The number of fused-ring (bicyclic) bond motifs is 1. The summed E-state index contributed by atoms with van der Waals surface area (Å²) in [6, 6.07) is 37.4. The number of benzene rings is 4. The summed E-state index contributed by atoms with van der Waals surface area (Å²) in [4.78, 5) is 5.14. The molecule has 0 unspecified atom stereocenters. The SMILES string of the molecule is CCCCn1c(-c2ccc(Br)cc2)nc2cc(C[PH+](c3ccccc3)c3ccccc3)ccc21.[I-]. The summed E-state index contributed by atoms with van der Waals surface area (Å²) < 4.78 is 3.48. The Labute approximate surface area is 234 Å². The van der Waals surface area contributed by atoms with Crippen molar-refractivity contribution in [3.8, 4) is 11.4 Å². The molecule has 1 heterocycles. The smallest absolute Gasteiger partial charge is 0.141 e. The largest absolute Gasteiger partial charge is 1.00 e. The van der Waals surface area contributed by atoms with E-state index in [1.165, 1.54) is 21.7 Å². The highest BCUT2D eigenvalue weighted by Crippen LogP contribution is 2.38. The van der Waals surface area contributed by atoms with E-state index in [4.69, 9.17) is 4.98 Å². The maximum Gasteiger partial charge on any atom is 0.141 e. The Morgan fingerprint density at radius 2 is 1.43 bits per heavy atom. The van der Waals surface area contributed by atoms with Crippen LogP contribution in [0.2, 0.25) is 0 Å². The number of aryl methyl sites for hydroxylation is 1. The summed E-state index contributed by atoms with van der Waals surface area (Å²) in [6.07, 6.45) is 3.35. The van der Waals surface area contributed by atoms with Crippen LogP contribution in [0.4, 0.5) is 0 Å². The highest BCUT2D eigenvalue weighted by Gasteiger charge is 2.23. The fourth-order valence-corrected chi connectivity index (χ4v) is 7.32. The van der Waals surface area contributed by atoms with E-state index < -0.39 is 7.92 Å². The van der Waals surface area contributed by atoms with E-state index in [1.807, 2.05) is 0 Å². The maximum atomic E-state index is 5.14. The average Bonchev–Trinajstić information content (AvgIpc) is 3.25. The molecule has 0 bridgehead atoms. The summed E-state index contributed by atoms with van der Waals surface area (Å²) in [5.74, 6) is 1.06. The van der Waals surface area contributed by atoms with Gasteiger partial charge < -0.3 is 28.5 Å². The van der Waals surface area contributed by atoms with Gasteiger partial charge in [0.15, 0.2) is 0 Å². The monoisotopic (exact) mass is 654 g/mol. The zero-order valence-electron chi connectivity index (χ0n) is 19.8. The molecule has 4 aromatic carbocycles. The minimum Gasteiger partial charge on any atom is -1.00 e. The quantitative estimate of drug-likeness (QED) is 0.176. The van der Waals surface area contributed by atoms with Crippen molar-refractivity contribution in [1.82, 2.24) is 9.55 Å². The number of nitrogens with zero attached hydrogens (tertiary/aromatic N) is 2. The summed E-state index contributed by atoms with van der Waals surface area (Å²) >= 11 is 3.56. The summed E-state index contributed by atoms with van der Waals surface area (Å²) in [7, 11) is -0.933. The molecule has 5 aromatic rings. The topological polar surface area (TPSA) is 17.8 Å². The predicted molar refractivity (Wildman–Crippen MR) is 152 cm³/mol. The van der Waals surface area contributed by atoms with Crippen molar-refractivity contribution in [3.05, 3.63) is 113 Å². The van der Waals surface area contributed by atoms with E-state index >= 15 is 0 Å². The van der Waals surface area contributed by atoms with Crippen molar-refractivity contribution in [2.24, 2.45) is 0 Å². The number of rotatable bonds is 8. The van der Waals surface area contributed by atoms with Crippen LogP contribution in [0.5, 0.6) is 0 Å². The Morgan fingerprint density at radius 3 is 2.03 bits per heavy atom. The van der Waals surface area contributed by atoms with Crippen molar-refractivity contribution in [2.75, 3.05) is 0 Å². The number of imidazole rings is 1. The first-order valence-electron chi connectivity index (χ1n) is 11.9. The molecule has 0 N–H and O–H groups in total. The standard InChI is InChI=1S/C30H28BrN2P.HI/c1-2-3-20-33-29-19-14-23(21-28(29)32-30(33)24-15-17-25(31)18-16-24)22-34(26-10-6-4-7-11-26)27-12-8-5-9-13-27;/h4-19,21H,2-3,20,22H2,1H3;1H. The predicted octanol–water partition coefficient (Wildman–Crippen LogP) is 4.64. The molecular weight excluding hydrogens is 626 g/mol. The highest BCUT2D eigenvalue weighted by atomic mass is 127. The van der Waals surface area contributed by atoms with Crippen LogP contribution >= 0.6 is 23.9 Å². The minimum absolute atomic E-state index is 0. The van der Waals surface area contributed by atoms with Gasteiger partial charge in [0.2, 0.25) is 0 Å². The van der Waals surface area contributed by atoms with E-state index in [1.54, 1.807) is 0 Å². The molecule has 178 valence electrons. The molecule has 0 saturated carbocycles. The molecule has 0 radical (unpaired) electrons. The Bertz CT molecular complexity index is 1330. The number of unbranched alkanes of at least 4 members (excludes halogenated alkanes) is 1. The van der Waals surface area contributed by atoms with Gasteiger partial charge in [0.1, 0.15) is 5.82 Å². The third-order valence-electron chi connectivity index (χ3n) is 6.28. The maximum absolute atomic E-state index is 5.14. The lowest BCUT2D eigenvalue weighted by molar-refractivity contribution is -0.00000665. The van der Waals surface area contributed by atoms with Crippen molar-refractivity contribution in [2.45, 2.75) is 32.5 Å². The van der Waals surface area contributed by atoms with Gasteiger partial charge in [0.05, 0.1) is 35.7 Å². The second-order valence-electron chi connectivity index (χ2n) is 8.66. The summed E-state index contributed by atoms with van der Waals surface area (Å²) in [5, 5.41) is 2.89. The molecule has 35 heavy (non-hydrogen) atoms. The molecule has 1 aromatic heterocycles. The van der Waals surface area contributed by atoms with Crippen molar-refractivity contribution < 1.29 is 24.0 Å². The molecule has 2 nitrogen and oxygen atoms in total. The first kappa shape index (κ1) is 26.1. The Balaban J connectivity index is 0.00000289. The molecule has 0 saturated heterocycles. The molecule has 0 atom stereocenters. The lowest BCUT2D eigenvalue weighted by Crippen LogP contribution is -3.00. The van der Waals surface area contributed by atoms with Gasteiger partial charge in [-0.05, 0) is 60.5 Å². The van der Waals surface area contributed by atoms with Gasteiger partial charge in [0.25, 0.3) is 0 Å². The van der Waals surface area contributed by atoms with Crippen LogP contribution in [0.15, 0.2) is 108 Å². The highest BCUT2D eigenvalue weighted by molar-refractivity contribution is 9.10. The van der Waals surface area contributed by atoms with Crippen LogP contribution in [0.3, 0.4) is 0 Å². The average molecular weight is 655 g/mol. The zero-order valence-corrected chi connectivity index (χ0v) is 24.5. The Hall–Kier alpha value is -2.01. The fourth-order valence-electron chi connectivity index (χ4n) is 4.50. The summed E-state index contributed by atoms with van der Waals surface area (Å²) in [5.41, 5.74) is 4.84. The van der Waals surface area contributed by atoms with E-state index in [0.717, 1.165) is 46.9 Å². The molecule has 0 fully saturated rings. The van der Waals surface area contributed by atoms with Crippen molar-refractivity contribution >= 4 is 45.5 Å². The Kier molecular flexibility index (Phi) is 9.16. The molecule has 5 heteroatoms. The second kappa shape index (κ2) is 12.3. The van der Waals surface area contributed by atoms with Crippen LogP contribution in [0, 0.1) is 0 Å². The van der Waals surface area contributed by atoms with Gasteiger partial charge in [-0.1, -0.05) is 83.9 Å². The van der Waals surface area contributed by atoms with E-state index in [-0.39, 0.29) is 24.0 Å². The normalized spacial score (nSPS) is 11.1. The van der Waals surface area contributed by atoms with Gasteiger partial charge in [0, 0.05) is 16.6 Å². The van der Waals surface area contributed by atoms with Crippen molar-refractivity contribution in [1.29, 1.82) is 0 Å². The number of aromatic nitrogens is 2. The first-order valence-corrected chi connectivity index (χ1v) is 14.4. The van der Waals surface area contributed by atoms with Crippen LogP contribution < -0.4 is 34.6 Å². The molecular formula is C30H29BrIN2P. The van der Waals surface area contributed by atoms with Crippen LogP contribution in [0.25, 0.3) is 22.4 Å². The van der Waals surface area contributed by atoms with Gasteiger partial charge >= 0.3 is 0 Å². The molecule has 0 aliphatic carbocycles. The van der Waals surface area contributed by atoms with Gasteiger partial charge in [-0.25, -0.2) is 4.98 Å². The third kappa shape index (κ3) is 6.04. The molecule has 0 spiro atoms. The zero-order chi connectivity index (χ0) is 23.3. The number of hydrogen-bond acceptors (Lipinski definition) is 1. The van der Waals surface area contributed by atoms with Crippen LogP contribution in [-0.4, -0.2) is 9.55 Å². The van der Waals surface area contributed by atoms with Gasteiger partial charge in [-0.15, -0.1) is 0 Å².